The van der Waals surface area contributed by atoms with Gasteiger partial charge in [0.05, 0.1) is 12.2 Å². The summed E-state index contributed by atoms with van der Waals surface area (Å²) in [5, 5.41) is 15.5. The Labute approximate surface area is 170 Å². The third kappa shape index (κ3) is 5.24. The lowest BCUT2D eigenvalue weighted by Gasteiger charge is -2.37. The van der Waals surface area contributed by atoms with Crippen LogP contribution in [-0.4, -0.2) is 48.7 Å². The smallest absolute Gasteiger partial charge is 0.194 e. The highest BCUT2D eigenvalue weighted by Gasteiger charge is 2.21. The normalized spacial score (nSPS) is 15.0. The molecule has 0 atom stereocenters. The van der Waals surface area contributed by atoms with Crippen LogP contribution in [0, 0.1) is 0 Å². The molecule has 0 spiro atoms. The van der Waals surface area contributed by atoms with E-state index in [0.29, 0.717) is 5.75 Å². The topological polar surface area (TPSA) is 51.1 Å². The number of para-hydroxylation sites is 2. The van der Waals surface area contributed by atoms with E-state index in [0.717, 1.165) is 50.9 Å². The number of benzene rings is 1. The van der Waals surface area contributed by atoms with Crippen LogP contribution in [0.25, 0.3) is 0 Å². The van der Waals surface area contributed by atoms with Crippen LogP contribution >= 0.6 is 35.3 Å². The number of rotatable bonds is 4. The number of aliphatic imine (C=N–C) groups is 1. The van der Waals surface area contributed by atoms with Crippen LogP contribution < -0.4 is 10.2 Å². The van der Waals surface area contributed by atoms with E-state index in [1.807, 2.05) is 18.2 Å². The lowest BCUT2D eigenvalue weighted by Crippen LogP contribution is -2.52. The van der Waals surface area contributed by atoms with Crippen molar-refractivity contribution in [2.24, 2.45) is 4.99 Å². The van der Waals surface area contributed by atoms with Gasteiger partial charge in [-0.3, -0.25) is 0 Å². The molecule has 0 radical (unpaired) electrons. The summed E-state index contributed by atoms with van der Waals surface area (Å²) in [6, 6.07) is 11.7. The third-order valence-corrected chi connectivity index (χ3v) is 4.96. The number of anilines is 1. The molecule has 0 saturated carbocycles. The van der Waals surface area contributed by atoms with Crippen LogP contribution in [0.1, 0.15) is 11.8 Å². The number of hydrogen-bond acceptors (Lipinski definition) is 4. The van der Waals surface area contributed by atoms with Gasteiger partial charge in [-0.1, -0.05) is 18.2 Å². The average molecular weight is 472 g/mol. The van der Waals surface area contributed by atoms with Crippen LogP contribution in [0.4, 0.5) is 5.69 Å². The van der Waals surface area contributed by atoms with Gasteiger partial charge in [0.25, 0.3) is 0 Å². The van der Waals surface area contributed by atoms with E-state index < -0.39 is 0 Å². The Morgan fingerprint density at radius 2 is 1.92 bits per heavy atom. The molecular weight excluding hydrogens is 447 g/mol. The van der Waals surface area contributed by atoms with E-state index in [2.05, 4.69) is 39.6 Å². The van der Waals surface area contributed by atoms with Crippen molar-refractivity contribution >= 4 is 47.0 Å². The fraction of sp³-hybridized carbons (Fsp3) is 0.389. The standard InChI is InChI=1S/C18H24N4OS.HI/c1-2-19-18(20-14-15-6-5-13-24-15)22-11-9-21(10-12-22)16-7-3-4-8-17(16)23;/h3-8,13,23H,2,9-12,14H2,1H3,(H,19,20);1H. The van der Waals surface area contributed by atoms with Crippen LogP contribution in [-0.2, 0) is 6.54 Å². The molecule has 1 aromatic heterocycles. The minimum Gasteiger partial charge on any atom is -0.506 e. The molecule has 0 unspecified atom stereocenters. The summed E-state index contributed by atoms with van der Waals surface area (Å²) in [5.74, 6) is 1.33. The molecule has 0 bridgehead atoms. The second-order valence-electron chi connectivity index (χ2n) is 5.71. The number of phenolic OH excluding ortho intramolecular Hbond substituents is 1. The summed E-state index contributed by atoms with van der Waals surface area (Å²) >= 11 is 1.74. The maximum absolute atomic E-state index is 10.0. The van der Waals surface area contributed by atoms with Gasteiger partial charge in [-0.25, -0.2) is 4.99 Å². The first-order valence-corrected chi connectivity index (χ1v) is 9.24. The number of guanidine groups is 1. The van der Waals surface area contributed by atoms with Crippen LogP contribution in [0.5, 0.6) is 5.75 Å². The van der Waals surface area contributed by atoms with Gasteiger partial charge in [-0.05, 0) is 30.5 Å². The van der Waals surface area contributed by atoms with Crippen molar-refractivity contribution in [3.05, 3.63) is 46.7 Å². The van der Waals surface area contributed by atoms with Crippen LogP contribution in [0.3, 0.4) is 0 Å². The number of nitrogens with one attached hydrogen (secondary N) is 1. The number of thiophene rings is 1. The molecule has 136 valence electrons. The summed E-state index contributed by atoms with van der Waals surface area (Å²) in [4.78, 5) is 10.6. The molecule has 1 fully saturated rings. The Morgan fingerprint density at radius 1 is 1.16 bits per heavy atom. The molecule has 3 rings (SSSR count). The zero-order chi connectivity index (χ0) is 16.8. The van der Waals surface area contributed by atoms with Gasteiger partial charge in [-0.2, -0.15) is 0 Å². The molecule has 1 saturated heterocycles. The summed E-state index contributed by atoms with van der Waals surface area (Å²) < 4.78 is 0. The number of hydrogen-bond donors (Lipinski definition) is 2. The Bertz CT molecular complexity index is 669. The maximum atomic E-state index is 10.0. The van der Waals surface area contributed by atoms with Gasteiger partial charge >= 0.3 is 0 Å². The Balaban J connectivity index is 0.00000225. The summed E-state index contributed by atoms with van der Waals surface area (Å²) in [6.07, 6.45) is 0. The van der Waals surface area contributed by atoms with Gasteiger partial charge in [0.2, 0.25) is 0 Å². The van der Waals surface area contributed by atoms with Crippen molar-refractivity contribution in [2.75, 3.05) is 37.6 Å². The third-order valence-electron chi connectivity index (χ3n) is 4.10. The van der Waals surface area contributed by atoms with E-state index in [-0.39, 0.29) is 24.0 Å². The monoisotopic (exact) mass is 472 g/mol. The molecule has 25 heavy (non-hydrogen) atoms. The van der Waals surface area contributed by atoms with Crippen molar-refractivity contribution in [1.82, 2.24) is 10.2 Å². The number of piperazine rings is 1. The predicted octanol–water partition coefficient (Wildman–Crippen LogP) is 3.36. The predicted molar refractivity (Wildman–Crippen MR) is 116 cm³/mol. The van der Waals surface area contributed by atoms with E-state index in [1.165, 1.54) is 4.88 Å². The number of phenols is 1. The molecule has 1 aliphatic rings. The maximum Gasteiger partial charge on any atom is 0.194 e. The van der Waals surface area contributed by atoms with E-state index in [9.17, 15) is 5.11 Å². The molecule has 7 heteroatoms. The van der Waals surface area contributed by atoms with Crippen molar-refractivity contribution in [3.63, 3.8) is 0 Å². The summed E-state index contributed by atoms with van der Waals surface area (Å²) in [7, 11) is 0. The van der Waals surface area contributed by atoms with Crippen molar-refractivity contribution in [3.8, 4) is 5.75 Å². The number of nitrogens with zero attached hydrogens (tertiary/aromatic N) is 3. The Kier molecular flexibility index (Phi) is 7.83. The van der Waals surface area contributed by atoms with Crippen LogP contribution in [0.2, 0.25) is 0 Å². The first kappa shape index (κ1) is 19.8. The highest BCUT2D eigenvalue weighted by Crippen LogP contribution is 2.27. The average Bonchev–Trinajstić information content (AvgIpc) is 3.13. The second kappa shape index (κ2) is 9.86. The molecule has 5 nitrogen and oxygen atoms in total. The highest BCUT2D eigenvalue weighted by molar-refractivity contribution is 14.0. The molecule has 2 N–H and O–H groups in total. The molecular formula is C18H25IN4OS. The highest BCUT2D eigenvalue weighted by atomic mass is 127. The first-order chi connectivity index (χ1) is 11.8. The zero-order valence-electron chi connectivity index (χ0n) is 14.4. The van der Waals surface area contributed by atoms with Gasteiger partial charge in [0.15, 0.2) is 5.96 Å². The fourth-order valence-electron chi connectivity index (χ4n) is 2.87. The van der Waals surface area contributed by atoms with E-state index >= 15 is 0 Å². The molecule has 2 heterocycles. The molecule has 1 aliphatic heterocycles. The minimum absolute atomic E-state index is 0. The molecule has 2 aromatic rings. The van der Waals surface area contributed by atoms with Gasteiger partial charge in [0.1, 0.15) is 5.75 Å². The zero-order valence-corrected chi connectivity index (χ0v) is 17.5. The van der Waals surface area contributed by atoms with Crippen LogP contribution in [0.15, 0.2) is 46.8 Å². The molecule has 0 aliphatic carbocycles. The fourth-order valence-corrected chi connectivity index (χ4v) is 3.50. The first-order valence-electron chi connectivity index (χ1n) is 8.36. The van der Waals surface area contributed by atoms with Crippen molar-refractivity contribution in [1.29, 1.82) is 0 Å². The van der Waals surface area contributed by atoms with Gasteiger partial charge in [-0.15, -0.1) is 35.3 Å². The lowest BCUT2D eigenvalue weighted by molar-refractivity contribution is 0.370. The Morgan fingerprint density at radius 3 is 2.56 bits per heavy atom. The summed E-state index contributed by atoms with van der Waals surface area (Å²) in [5.41, 5.74) is 0.915. The summed E-state index contributed by atoms with van der Waals surface area (Å²) in [6.45, 7) is 7.22. The number of halogens is 1. The quantitative estimate of drug-likeness (QED) is 0.407. The van der Waals surface area contributed by atoms with Gasteiger partial charge < -0.3 is 20.2 Å². The molecule has 1 aromatic carbocycles. The van der Waals surface area contributed by atoms with Crippen molar-refractivity contribution in [2.45, 2.75) is 13.5 Å². The SMILES string of the molecule is CCNC(=NCc1cccs1)N1CCN(c2ccccc2O)CC1.I. The van der Waals surface area contributed by atoms with Gasteiger partial charge in [0, 0.05) is 37.6 Å². The van der Waals surface area contributed by atoms with E-state index in [1.54, 1.807) is 17.4 Å². The second-order valence-corrected chi connectivity index (χ2v) is 6.74. The Hall–Kier alpha value is -1.48. The van der Waals surface area contributed by atoms with E-state index in [4.69, 9.17) is 4.99 Å². The largest absolute Gasteiger partial charge is 0.506 e. The van der Waals surface area contributed by atoms with Crippen molar-refractivity contribution < 1.29 is 5.11 Å². The minimum atomic E-state index is 0. The lowest BCUT2D eigenvalue weighted by atomic mass is 10.2. The molecule has 0 amide bonds. The number of aromatic hydroxyl groups is 1.